The van der Waals surface area contributed by atoms with E-state index in [0.717, 1.165) is 36.5 Å². The Morgan fingerprint density at radius 2 is 2.30 bits per heavy atom. The first kappa shape index (κ1) is 13.8. The van der Waals surface area contributed by atoms with Crippen LogP contribution in [0.1, 0.15) is 50.2 Å². The smallest absolute Gasteiger partial charge is 0.142 e. The topological polar surface area (TPSA) is 56.7 Å². The van der Waals surface area contributed by atoms with Crippen LogP contribution in [0.25, 0.3) is 10.7 Å². The average molecular weight is 290 g/mol. The SMILES string of the molecule is CCCn1cncc1-c1nc2c(s1)C(N)CC(C)(C)C2. The van der Waals surface area contributed by atoms with Crippen molar-refractivity contribution in [1.29, 1.82) is 0 Å². The summed E-state index contributed by atoms with van der Waals surface area (Å²) in [5.41, 5.74) is 8.90. The standard InChI is InChI=1S/C15H22N4S/c1-4-5-19-9-17-8-12(19)14-18-11-7-15(2,3)6-10(16)13(11)20-14/h8-10H,4-7,16H2,1-3H3. The lowest BCUT2D eigenvalue weighted by Gasteiger charge is -2.32. The molecule has 2 aromatic rings. The van der Waals surface area contributed by atoms with Crippen molar-refractivity contribution in [2.45, 2.75) is 52.6 Å². The third-order valence-electron chi connectivity index (χ3n) is 3.88. The van der Waals surface area contributed by atoms with E-state index in [2.05, 4.69) is 30.3 Å². The lowest BCUT2D eigenvalue weighted by Crippen LogP contribution is -2.28. The van der Waals surface area contributed by atoms with E-state index in [0.29, 0.717) is 0 Å². The summed E-state index contributed by atoms with van der Waals surface area (Å²) < 4.78 is 2.18. The molecule has 0 bridgehead atoms. The first-order chi connectivity index (χ1) is 9.50. The van der Waals surface area contributed by atoms with Crippen LogP contribution in [-0.4, -0.2) is 14.5 Å². The Morgan fingerprint density at radius 3 is 3.05 bits per heavy atom. The van der Waals surface area contributed by atoms with Crippen molar-refractivity contribution in [1.82, 2.24) is 14.5 Å². The van der Waals surface area contributed by atoms with Crippen LogP contribution in [0.15, 0.2) is 12.5 Å². The first-order valence-corrected chi connectivity index (χ1v) is 8.07. The molecule has 108 valence electrons. The number of thiazole rings is 1. The Balaban J connectivity index is 1.99. The van der Waals surface area contributed by atoms with Crippen molar-refractivity contribution in [2.75, 3.05) is 0 Å². The predicted molar refractivity (Wildman–Crippen MR) is 82.7 cm³/mol. The summed E-state index contributed by atoms with van der Waals surface area (Å²) >= 11 is 1.74. The largest absolute Gasteiger partial charge is 0.329 e. The Bertz CT molecular complexity index is 611. The Morgan fingerprint density at radius 1 is 1.50 bits per heavy atom. The van der Waals surface area contributed by atoms with Crippen molar-refractivity contribution in [3.63, 3.8) is 0 Å². The van der Waals surface area contributed by atoms with Gasteiger partial charge in [0.1, 0.15) is 5.01 Å². The first-order valence-electron chi connectivity index (χ1n) is 7.26. The van der Waals surface area contributed by atoms with Crippen LogP contribution in [0.3, 0.4) is 0 Å². The normalized spacial score (nSPS) is 20.9. The molecule has 1 aliphatic rings. The Hall–Kier alpha value is -1.20. The second kappa shape index (κ2) is 4.97. The highest BCUT2D eigenvalue weighted by Gasteiger charge is 2.33. The van der Waals surface area contributed by atoms with Gasteiger partial charge in [-0.3, -0.25) is 0 Å². The van der Waals surface area contributed by atoms with E-state index in [4.69, 9.17) is 10.7 Å². The number of hydrogen-bond acceptors (Lipinski definition) is 4. The number of hydrogen-bond donors (Lipinski definition) is 1. The molecule has 0 radical (unpaired) electrons. The molecule has 0 aromatic carbocycles. The molecule has 2 aromatic heterocycles. The minimum absolute atomic E-state index is 0.127. The number of imidazole rings is 1. The van der Waals surface area contributed by atoms with Gasteiger partial charge in [0.05, 0.1) is 23.9 Å². The van der Waals surface area contributed by atoms with Crippen molar-refractivity contribution >= 4 is 11.3 Å². The van der Waals surface area contributed by atoms with Gasteiger partial charge in [-0.1, -0.05) is 20.8 Å². The summed E-state index contributed by atoms with van der Waals surface area (Å²) in [6, 6.07) is 0.127. The zero-order valence-corrected chi connectivity index (χ0v) is 13.2. The van der Waals surface area contributed by atoms with Crippen LogP contribution in [0.2, 0.25) is 0 Å². The van der Waals surface area contributed by atoms with Gasteiger partial charge in [0.25, 0.3) is 0 Å². The summed E-state index contributed by atoms with van der Waals surface area (Å²) in [5, 5.41) is 1.06. The van der Waals surface area contributed by atoms with Gasteiger partial charge in [-0.2, -0.15) is 0 Å². The minimum Gasteiger partial charge on any atom is -0.329 e. The summed E-state index contributed by atoms with van der Waals surface area (Å²) in [5.74, 6) is 0. The molecular formula is C15H22N4S. The molecule has 1 aliphatic carbocycles. The summed E-state index contributed by atoms with van der Waals surface area (Å²) in [7, 11) is 0. The van der Waals surface area contributed by atoms with Crippen molar-refractivity contribution in [3.8, 4) is 10.7 Å². The highest BCUT2D eigenvalue weighted by Crippen LogP contribution is 2.43. The molecule has 0 saturated carbocycles. The van der Waals surface area contributed by atoms with Gasteiger partial charge in [0, 0.05) is 17.5 Å². The number of rotatable bonds is 3. The zero-order valence-electron chi connectivity index (χ0n) is 12.4. The maximum absolute atomic E-state index is 6.33. The fourth-order valence-corrected chi connectivity index (χ4v) is 4.13. The fraction of sp³-hybridized carbons (Fsp3) is 0.600. The average Bonchev–Trinajstić information content (AvgIpc) is 2.94. The van der Waals surface area contributed by atoms with E-state index in [-0.39, 0.29) is 11.5 Å². The van der Waals surface area contributed by atoms with Crippen molar-refractivity contribution < 1.29 is 0 Å². The molecule has 0 fully saturated rings. The monoisotopic (exact) mass is 290 g/mol. The molecule has 2 N–H and O–H groups in total. The van der Waals surface area contributed by atoms with Crippen LogP contribution in [-0.2, 0) is 13.0 Å². The van der Waals surface area contributed by atoms with E-state index in [1.807, 2.05) is 12.5 Å². The minimum atomic E-state index is 0.127. The zero-order chi connectivity index (χ0) is 14.3. The van der Waals surface area contributed by atoms with E-state index in [1.165, 1.54) is 10.6 Å². The van der Waals surface area contributed by atoms with E-state index in [9.17, 15) is 0 Å². The predicted octanol–water partition coefficient (Wildman–Crippen LogP) is 3.39. The molecular weight excluding hydrogens is 268 g/mol. The van der Waals surface area contributed by atoms with Crippen LogP contribution in [0.4, 0.5) is 0 Å². The molecule has 1 atom stereocenters. The molecule has 4 nitrogen and oxygen atoms in total. The Kier molecular flexibility index (Phi) is 3.42. The number of aromatic nitrogens is 3. The molecule has 0 spiro atoms. The molecule has 3 rings (SSSR count). The van der Waals surface area contributed by atoms with Crippen LogP contribution in [0, 0.1) is 5.41 Å². The lowest BCUT2D eigenvalue weighted by molar-refractivity contribution is 0.282. The molecule has 0 saturated heterocycles. The van der Waals surface area contributed by atoms with Crippen LogP contribution >= 0.6 is 11.3 Å². The lowest BCUT2D eigenvalue weighted by atomic mass is 9.77. The maximum atomic E-state index is 6.33. The van der Waals surface area contributed by atoms with Crippen molar-refractivity contribution in [3.05, 3.63) is 23.1 Å². The van der Waals surface area contributed by atoms with Gasteiger partial charge in [0.15, 0.2) is 0 Å². The molecule has 0 aliphatic heterocycles. The quantitative estimate of drug-likeness (QED) is 0.942. The maximum Gasteiger partial charge on any atom is 0.142 e. The highest BCUT2D eigenvalue weighted by molar-refractivity contribution is 7.15. The van der Waals surface area contributed by atoms with Gasteiger partial charge in [0.2, 0.25) is 0 Å². The molecule has 20 heavy (non-hydrogen) atoms. The second-order valence-electron chi connectivity index (χ2n) is 6.45. The van der Waals surface area contributed by atoms with E-state index >= 15 is 0 Å². The Labute approximate surface area is 124 Å². The van der Waals surface area contributed by atoms with Gasteiger partial charge in [-0.25, -0.2) is 9.97 Å². The second-order valence-corrected chi connectivity index (χ2v) is 7.48. The van der Waals surface area contributed by atoms with Crippen molar-refractivity contribution in [2.24, 2.45) is 11.1 Å². The number of nitrogens with zero attached hydrogens (tertiary/aromatic N) is 3. The number of fused-ring (bicyclic) bond motifs is 1. The summed E-state index contributed by atoms with van der Waals surface area (Å²) in [6.45, 7) is 7.71. The molecule has 1 unspecified atom stereocenters. The highest BCUT2D eigenvalue weighted by atomic mass is 32.1. The fourth-order valence-electron chi connectivity index (χ4n) is 3.02. The number of nitrogens with two attached hydrogens (primary N) is 1. The number of aryl methyl sites for hydroxylation is 1. The molecule has 2 heterocycles. The summed E-state index contributed by atoms with van der Waals surface area (Å²) in [6.07, 6.45) is 6.96. The van der Waals surface area contributed by atoms with E-state index in [1.54, 1.807) is 11.3 Å². The van der Waals surface area contributed by atoms with Gasteiger partial charge in [-0.15, -0.1) is 11.3 Å². The van der Waals surface area contributed by atoms with E-state index < -0.39 is 0 Å². The third kappa shape index (κ3) is 2.40. The van der Waals surface area contributed by atoms with Crippen LogP contribution < -0.4 is 5.73 Å². The van der Waals surface area contributed by atoms with Gasteiger partial charge in [-0.05, 0) is 24.7 Å². The van der Waals surface area contributed by atoms with Gasteiger partial charge >= 0.3 is 0 Å². The molecule has 0 amide bonds. The summed E-state index contributed by atoms with van der Waals surface area (Å²) in [4.78, 5) is 10.4. The van der Waals surface area contributed by atoms with Gasteiger partial charge < -0.3 is 10.3 Å². The molecule has 5 heteroatoms. The van der Waals surface area contributed by atoms with Crippen LogP contribution in [0.5, 0.6) is 0 Å². The third-order valence-corrected chi connectivity index (χ3v) is 5.13.